The van der Waals surface area contributed by atoms with Gasteiger partial charge in [-0.1, -0.05) is 36.6 Å². The minimum atomic E-state index is 0.206. The molecule has 108 valence electrons. The molecular weight excluding hydrogens is 270 g/mol. The van der Waals surface area contributed by atoms with Gasteiger partial charge >= 0.3 is 0 Å². The summed E-state index contributed by atoms with van der Waals surface area (Å²) in [6.45, 7) is 1.63. The highest BCUT2D eigenvalue weighted by Gasteiger charge is 2.34. The largest absolute Gasteiger partial charge is 0.293 e. The molecule has 0 radical (unpaired) electrons. The average Bonchev–Trinajstić information content (AvgIpc) is 3.08. The first kappa shape index (κ1) is 14.1. The van der Waals surface area contributed by atoms with Crippen molar-refractivity contribution in [3.63, 3.8) is 0 Å². The molecule has 1 saturated carbocycles. The van der Waals surface area contributed by atoms with Crippen LogP contribution in [0.25, 0.3) is 0 Å². The quantitative estimate of drug-likeness (QED) is 0.776. The van der Waals surface area contributed by atoms with E-state index in [-0.39, 0.29) is 5.78 Å². The van der Waals surface area contributed by atoms with Crippen LogP contribution in [-0.4, -0.2) is 29.8 Å². The van der Waals surface area contributed by atoms with Gasteiger partial charge in [-0.15, -0.1) is 0 Å². The summed E-state index contributed by atoms with van der Waals surface area (Å²) in [5, 5.41) is 0.643. The maximum absolute atomic E-state index is 12.4. The maximum atomic E-state index is 12.4. The van der Waals surface area contributed by atoms with Crippen molar-refractivity contribution in [1.29, 1.82) is 0 Å². The van der Waals surface area contributed by atoms with Crippen molar-refractivity contribution >= 4 is 17.4 Å². The summed E-state index contributed by atoms with van der Waals surface area (Å²) >= 11 is 5.97. The third kappa shape index (κ3) is 3.07. The molecule has 1 aromatic carbocycles. The fourth-order valence-corrected chi connectivity index (χ4v) is 4.05. The monoisotopic (exact) mass is 291 g/mol. The predicted molar refractivity (Wildman–Crippen MR) is 82.3 cm³/mol. The second-order valence-corrected chi connectivity index (χ2v) is 6.59. The van der Waals surface area contributed by atoms with Crippen LogP contribution < -0.4 is 0 Å². The Morgan fingerprint density at radius 3 is 2.75 bits per heavy atom. The predicted octanol–water partition coefficient (Wildman–Crippen LogP) is 4.18. The van der Waals surface area contributed by atoms with E-state index in [0.29, 0.717) is 17.6 Å². The number of Topliss-reactive ketones (excluding diaryl/α,β-unsaturated/α-hetero) is 1. The van der Waals surface area contributed by atoms with Gasteiger partial charge in [0.1, 0.15) is 0 Å². The minimum Gasteiger partial charge on any atom is -0.293 e. The molecule has 0 spiro atoms. The summed E-state index contributed by atoms with van der Waals surface area (Å²) in [4.78, 5) is 14.8. The third-order valence-electron chi connectivity index (χ3n) is 4.85. The van der Waals surface area contributed by atoms with Crippen molar-refractivity contribution < 1.29 is 4.79 Å². The lowest BCUT2D eigenvalue weighted by Gasteiger charge is -2.28. The summed E-state index contributed by atoms with van der Waals surface area (Å²) in [6.07, 6.45) is 7.96. The van der Waals surface area contributed by atoms with Crippen molar-refractivity contribution in [2.24, 2.45) is 5.92 Å². The molecule has 1 aromatic rings. The Balaban J connectivity index is 1.65. The SMILES string of the molecule is O=C(CN1CCCC1C1CCCC1)c1cccc(Cl)c1. The van der Waals surface area contributed by atoms with E-state index in [1.54, 1.807) is 6.07 Å². The Hall–Kier alpha value is -0.860. The fraction of sp³-hybridized carbons (Fsp3) is 0.588. The number of hydrogen-bond acceptors (Lipinski definition) is 2. The van der Waals surface area contributed by atoms with Gasteiger partial charge in [-0.3, -0.25) is 9.69 Å². The standard InChI is InChI=1S/C17H22ClNO/c18-15-8-3-7-14(11-15)17(20)12-19-10-4-9-16(19)13-5-1-2-6-13/h3,7-8,11,13,16H,1-2,4-6,9-10,12H2. The Morgan fingerprint density at radius 1 is 1.20 bits per heavy atom. The number of halogens is 1. The van der Waals surface area contributed by atoms with Crippen LogP contribution in [0.2, 0.25) is 5.02 Å². The van der Waals surface area contributed by atoms with Gasteiger partial charge in [-0.25, -0.2) is 0 Å². The summed E-state index contributed by atoms with van der Waals surface area (Å²) in [5.74, 6) is 1.03. The molecule has 1 aliphatic heterocycles. The van der Waals surface area contributed by atoms with E-state index in [1.807, 2.05) is 18.2 Å². The lowest BCUT2D eigenvalue weighted by molar-refractivity contribution is 0.0896. The number of ketones is 1. The van der Waals surface area contributed by atoms with E-state index in [0.717, 1.165) is 18.0 Å². The number of carbonyl (C=O) groups excluding carboxylic acids is 1. The maximum Gasteiger partial charge on any atom is 0.176 e. The molecule has 3 heteroatoms. The molecule has 1 unspecified atom stereocenters. The molecule has 1 atom stereocenters. The van der Waals surface area contributed by atoms with Gasteiger partial charge < -0.3 is 0 Å². The lowest BCUT2D eigenvalue weighted by Crippen LogP contribution is -2.38. The number of likely N-dealkylation sites (tertiary alicyclic amines) is 1. The van der Waals surface area contributed by atoms with Crippen molar-refractivity contribution in [1.82, 2.24) is 4.90 Å². The summed E-state index contributed by atoms with van der Waals surface area (Å²) in [5.41, 5.74) is 0.745. The molecule has 20 heavy (non-hydrogen) atoms. The summed E-state index contributed by atoms with van der Waals surface area (Å²) in [7, 11) is 0. The zero-order valence-corrected chi connectivity index (χ0v) is 12.6. The van der Waals surface area contributed by atoms with Crippen LogP contribution >= 0.6 is 11.6 Å². The van der Waals surface area contributed by atoms with Gasteiger partial charge in [0, 0.05) is 16.6 Å². The molecule has 0 N–H and O–H groups in total. The van der Waals surface area contributed by atoms with Crippen LogP contribution in [0.15, 0.2) is 24.3 Å². The zero-order valence-electron chi connectivity index (χ0n) is 11.9. The molecule has 1 heterocycles. The zero-order chi connectivity index (χ0) is 13.9. The highest BCUT2D eigenvalue weighted by Crippen LogP contribution is 2.35. The molecule has 2 fully saturated rings. The molecule has 2 nitrogen and oxygen atoms in total. The lowest BCUT2D eigenvalue weighted by atomic mass is 9.95. The number of rotatable bonds is 4. The molecule has 0 aromatic heterocycles. The third-order valence-corrected chi connectivity index (χ3v) is 5.09. The highest BCUT2D eigenvalue weighted by atomic mass is 35.5. The average molecular weight is 292 g/mol. The Morgan fingerprint density at radius 2 is 2.00 bits per heavy atom. The normalized spacial score (nSPS) is 24.4. The highest BCUT2D eigenvalue weighted by molar-refractivity contribution is 6.31. The molecule has 3 rings (SSSR count). The Kier molecular flexibility index (Phi) is 4.42. The van der Waals surface area contributed by atoms with Gasteiger partial charge in [0.25, 0.3) is 0 Å². The Labute approximate surface area is 126 Å². The van der Waals surface area contributed by atoms with E-state index in [2.05, 4.69) is 4.90 Å². The van der Waals surface area contributed by atoms with Gasteiger partial charge in [0.05, 0.1) is 6.54 Å². The number of carbonyl (C=O) groups is 1. The van der Waals surface area contributed by atoms with Crippen LogP contribution in [0.5, 0.6) is 0 Å². The first-order valence-corrected chi connectivity index (χ1v) is 8.14. The van der Waals surface area contributed by atoms with E-state index in [9.17, 15) is 4.79 Å². The van der Waals surface area contributed by atoms with Crippen LogP contribution in [0.4, 0.5) is 0 Å². The second-order valence-electron chi connectivity index (χ2n) is 6.16. The van der Waals surface area contributed by atoms with E-state index in [1.165, 1.54) is 38.5 Å². The van der Waals surface area contributed by atoms with Gasteiger partial charge in [-0.05, 0) is 50.3 Å². The van der Waals surface area contributed by atoms with Crippen LogP contribution in [0.1, 0.15) is 48.9 Å². The smallest absolute Gasteiger partial charge is 0.176 e. The van der Waals surface area contributed by atoms with E-state index in [4.69, 9.17) is 11.6 Å². The van der Waals surface area contributed by atoms with Crippen molar-refractivity contribution in [3.05, 3.63) is 34.9 Å². The first-order valence-electron chi connectivity index (χ1n) is 7.77. The van der Waals surface area contributed by atoms with Crippen molar-refractivity contribution in [3.8, 4) is 0 Å². The van der Waals surface area contributed by atoms with Crippen molar-refractivity contribution in [2.45, 2.75) is 44.6 Å². The van der Waals surface area contributed by atoms with Crippen molar-refractivity contribution in [2.75, 3.05) is 13.1 Å². The number of hydrogen-bond donors (Lipinski definition) is 0. The van der Waals surface area contributed by atoms with Crippen LogP contribution in [0, 0.1) is 5.92 Å². The van der Waals surface area contributed by atoms with Gasteiger partial charge in [-0.2, -0.15) is 0 Å². The second kappa shape index (κ2) is 6.28. The van der Waals surface area contributed by atoms with Gasteiger partial charge in [0.15, 0.2) is 5.78 Å². The topological polar surface area (TPSA) is 20.3 Å². The van der Waals surface area contributed by atoms with Crippen LogP contribution in [-0.2, 0) is 0 Å². The molecule has 1 saturated heterocycles. The molecule has 2 aliphatic rings. The Bertz CT molecular complexity index is 482. The minimum absolute atomic E-state index is 0.206. The number of benzene rings is 1. The number of nitrogens with zero attached hydrogens (tertiary/aromatic N) is 1. The fourth-order valence-electron chi connectivity index (χ4n) is 3.86. The molecular formula is C17H22ClNO. The molecule has 0 bridgehead atoms. The van der Waals surface area contributed by atoms with E-state index < -0.39 is 0 Å². The molecule has 0 amide bonds. The van der Waals surface area contributed by atoms with Gasteiger partial charge in [0.2, 0.25) is 0 Å². The molecule has 1 aliphatic carbocycles. The summed E-state index contributed by atoms with van der Waals surface area (Å²) in [6, 6.07) is 7.96. The van der Waals surface area contributed by atoms with E-state index >= 15 is 0 Å². The summed E-state index contributed by atoms with van der Waals surface area (Å²) < 4.78 is 0. The van der Waals surface area contributed by atoms with Crippen LogP contribution in [0.3, 0.4) is 0 Å². The first-order chi connectivity index (χ1) is 9.74.